The number of rotatable bonds is 19. The summed E-state index contributed by atoms with van der Waals surface area (Å²) in [6.07, 6.45) is 2.07. The largest absolute Gasteiger partial charge is 0.396 e. The van der Waals surface area contributed by atoms with Gasteiger partial charge in [-0.2, -0.15) is 0 Å². The Hall–Kier alpha value is -0.850. The van der Waals surface area contributed by atoms with Crippen molar-refractivity contribution in [3.05, 3.63) is 0 Å². The molecule has 27 heavy (non-hydrogen) atoms. The molecule has 1 unspecified atom stereocenters. The van der Waals surface area contributed by atoms with E-state index in [4.69, 9.17) is 41.4 Å². The van der Waals surface area contributed by atoms with E-state index in [-0.39, 0.29) is 57.5 Å². The second-order valence-electron chi connectivity index (χ2n) is 6.69. The predicted molar refractivity (Wildman–Crippen MR) is 99.8 cm³/mol. The number of primary amides is 1. The molecule has 0 rings (SSSR count). The quantitative estimate of drug-likeness (QED) is 0.113. The molecule has 0 bridgehead atoms. The SMILES string of the molecule is NC(=O)C(N)CCCCNC(COCC(CO)CO)COCC(CO)CO. The molecule has 0 saturated heterocycles. The van der Waals surface area contributed by atoms with Crippen LogP contribution in [0.25, 0.3) is 0 Å². The molecule has 10 heteroatoms. The van der Waals surface area contributed by atoms with Crippen LogP contribution >= 0.6 is 0 Å². The molecule has 0 aromatic heterocycles. The van der Waals surface area contributed by atoms with Gasteiger partial charge in [0, 0.05) is 11.8 Å². The van der Waals surface area contributed by atoms with Crippen LogP contribution in [0, 0.1) is 11.8 Å². The summed E-state index contributed by atoms with van der Waals surface area (Å²) in [4.78, 5) is 10.9. The number of nitrogens with one attached hydrogen (secondary N) is 1. The summed E-state index contributed by atoms with van der Waals surface area (Å²) in [5.41, 5.74) is 10.7. The summed E-state index contributed by atoms with van der Waals surface area (Å²) in [6.45, 7) is 1.15. The number of aliphatic hydroxyl groups is 4. The number of carbonyl (C=O) groups excluding carboxylic acids is 1. The summed E-state index contributed by atoms with van der Waals surface area (Å²) < 4.78 is 11.1. The molecule has 0 aliphatic heterocycles. The number of hydrogen-bond acceptors (Lipinski definition) is 9. The van der Waals surface area contributed by atoms with Crippen molar-refractivity contribution in [2.45, 2.75) is 31.3 Å². The van der Waals surface area contributed by atoms with Gasteiger partial charge >= 0.3 is 0 Å². The highest BCUT2D eigenvalue weighted by molar-refractivity contribution is 5.79. The molecule has 0 radical (unpaired) electrons. The Morgan fingerprint density at radius 1 is 0.852 bits per heavy atom. The maximum absolute atomic E-state index is 10.9. The van der Waals surface area contributed by atoms with Gasteiger partial charge in [-0.1, -0.05) is 6.42 Å². The minimum atomic E-state index is -0.629. The van der Waals surface area contributed by atoms with Crippen LogP contribution in [-0.4, -0.2) is 97.8 Å². The van der Waals surface area contributed by atoms with E-state index in [1.807, 2.05) is 0 Å². The third-order valence-electron chi connectivity index (χ3n) is 4.12. The summed E-state index contributed by atoms with van der Waals surface area (Å²) in [5, 5.41) is 39.5. The Morgan fingerprint density at radius 2 is 1.33 bits per heavy atom. The van der Waals surface area contributed by atoms with E-state index in [1.54, 1.807) is 0 Å². The maximum Gasteiger partial charge on any atom is 0.234 e. The first-order valence-corrected chi connectivity index (χ1v) is 9.35. The first-order valence-electron chi connectivity index (χ1n) is 9.35. The lowest BCUT2D eigenvalue weighted by molar-refractivity contribution is -0.119. The molecule has 0 aliphatic rings. The lowest BCUT2D eigenvalue weighted by Gasteiger charge is -2.21. The molecule has 10 nitrogen and oxygen atoms in total. The molecule has 0 spiro atoms. The third kappa shape index (κ3) is 13.9. The first-order chi connectivity index (χ1) is 13.0. The van der Waals surface area contributed by atoms with Crippen LogP contribution in [0.4, 0.5) is 0 Å². The number of unbranched alkanes of at least 4 members (excludes halogenated alkanes) is 1. The van der Waals surface area contributed by atoms with Gasteiger partial charge in [0.15, 0.2) is 0 Å². The van der Waals surface area contributed by atoms with Gasteiger partial charge in [-0.15, -0.1) is 0 Å². The minimum absolute atomic E-state index is 0.133. The number of nitrogens with two attached hydrogens (primary N) is 2. The number of ether oxygens (including phenoxy) is 2. The molecule has 9 N–H and O–H groups in total. The van der Waals surface area contributed by atoms with E-state index in [0.29, 0.717) is 26.2 Å². The zero-order chi connectivity index (χ0) is 20.5. The fourth-order valence-corrected chi connectivity index (χ4v) is 2.18. The van der Waals surface area contributed by atoms with Crippen molar-refractivity contribution in [1.29, 1.82) is 0 Å². The lowest BCUT2D eigenvalue weighted by Crippen LogP contribution is -2.40. The average Bonchev–Trinajstić information content (AvgIpc) is 2.67. The molecule has 1 amide bonds. The zero-order valence-electron chi connectivity index (χ0n) is 16.0. The molecule has 0 heterocycles. The molecule has 162 valence electrons. The Bertz CT molecular complexity index is 337. The van der Waals surface area contributed by atoms with E-state index in [9.17, 15) is 4.79 Å². The standard InChI is InChI=1S/C17H37N3O7/c18-16(17(19)25)3-1-2-4-20-15(11-26-9-13(5-21)6-22)12-27-10-14(7-23)8-24/h13-16,20-24H,1-12,18H2,(H2,19,25). The minimum Gasteiger partial charge on any atom is -0.396 e. The van der Waals surface area contributed by atoms with E-state index < -0.39 is 11.9 Å². The number of aliphatic hydroxyl groups excluding tert-OH is 4. The number of amides is 1. The van der Waals surface area contributed by atoms with E-state index in [0.717, 1.165) is 12.8 Å². The fraction of sp³-hybridized carbons (Fsp3) is 0.941. The first kappa shape index (κ1) is 26.1. The molecule has 0 fully saturated rings. The van der Waals surface area contributed by atoms with Crippen LogP contribution in [0.3, 0.4) is 0 Å². The maximum atomic E-state index is 10.9. The molecule has 0 aromatic rings. The summed E-state index contributed by atoms with van der Waals surface area (Å²) in [5.74, 6) is -1.16. The van der Waals surface area contributed by atoms with Crippen molar-refractivity contribution in [2.24, 2.45) is 23.3 Å². The molecule has 0 saturated carbocycles. The molecule has 0 aromatic carbocycles. The van der Waals surface area contributed by atoms with Gasteiger partial charge in [0.25, 0.3) is 0 Å². The van der Waals surface area contributed by atoms with E-state index in [1.165, 1.54) is 0 Å². The Morgan fingerprint density at radius 3 is 1.74 bits per heavy atom. The van der Waals surface area contributed by atoms with Crippen LogP contribution in [-0.2, 0) is 14.3 Å². The van der Waals surface area contributed by atoms with Gasteiger partial charge in [-0.05, 0) is 19.4 Å². The van der Waals surface area contributed by atoms with E-state index >= 15 is 0 Å². The second-order valence-corrected chi connectivity index (χ2v) is 6.69. The van der Waals surface area contributed by atoms with Gasteiger partial charge in [0.1, 0.15) is 0 Å². The summed E-state index contributed by atoms with van der Waals surface area (Å²) in [6, 6.07) is -0.763. The summed E-state index contributed by atoms with van der Waals surface area (Å²) in [7, 11) is 0. The van der Waals surface area contributed by atoms with Crippen molar-refractivity contribution in [2.75, 3.05) is 59.4 Å². The lowest BCUT2D eigenvalue weighted by atomic mass is 10.1. The van der Waals surface area contributed by atoms with Gasteiger partial charge in [-0.25, -0.2) is 0 Å². The molecule has 1 atom stereocenters. The van der Waals surface area contributed by atoms with Gasteiger partial charge < -0.3 is 46.7 Å². The average molecular weight is 395 g/mol. The van der Waals surface area contributed by atoms with Gasteiger partial charge in [-0.3, -0.25) is 4.79 Å². The van der Waals surface area contributed by atoms with Crippen molar-refractivity contribution in [1.82, 2.24) is 5.32 Å². The predicted octanol–water partition coefficient (Wildman–Crippen LogP) is -2.84. The van der Waals surface area contributed by atoms with Crippen LogP contribution < -0.4 is 16.8 Å². The molecular weight excluding hydrogens is 358 g/mol. The molecular formula is C17H37N3O7. The smallest absolute Gasteiger partial charge is 0.234 e. The molecule has 0 aliphatic carbocycles. The third-order valence-corrected chi connectivity index (χ3v) is 4.12. The Balaban J connectivity index is 4.19. The summed E-state index contributed by atoms with van der Waals surface area (Å²) >= 11 is 0. The van der Waals surface area contributed by atoms with Crippen LogP contribution in [0.2, 0.25) is 0 Å². The van der Waals surface area contributed by atoms with Gasteiger partial charge in [0.05, 0.1) is 64.9 Å². The highest BCUT2D eigenvalue weighted by atomic mass is 16.5. The second kappa shape index (κ2) is 17.3. The number of carbonyl (C=O) groups is 1. The monoisotopic (exact) mass is 395 g/mol. The van der Waals surface area contributed by atoms with Crippen molar-refractivity contribution in [3.8, 4) is 0 Å². The number of hydrogen-bond donors (Lipinski definition) is 7. The fourth-order valence-electron chi connectivity index (χ4n) is 2.18. The van der Waals surface area contributed by atoms with Crippen LogP contribution in [0.15, 0.2) is 0 Å². The van der Waals surface area contributed by atoms with Crippen LogP contribution in [0.1, 0.15) is 19.3 Å². The normalized spacial score (nSPS) is 13.0. The van der Waals surface area contributed by atoms with Gasteiger partial charge in [0.2, 0.25) is 5.91 Å². The van der Waals surface area contributed by atoms with Crippen molar-refractivity contribution in [3.63, 3.8) is 0 Å². The Kier molecular flexibility index (Phi) is 16.7. The Labute approximate surface area is 160 Å². The zero-order valence-corrected chi connectivity index (χ0v) is 16.0. The van der Waals surface area contributed by atoms with Crippen molar-refractivity contribution >= 4 is 5.91 Å². The van der Waals surface area contributed by atoms with Crippen molar-refractivity contribution < 1.29 is 34.7 Å². The van der Waals surface area contributed by atoms with E-state index in [2.05, 4.69) is 5.32 Å². The topological polar surface area (TPSA) is 181 Å². The highest BCUT2D eigenvalue weighted by Crippen LogP contribution is 2.01. The van der Waals surface area contributed by atoms with Crippen LogP contribution in [0.5, 0.6) is 0 Å². The highest BCUT2D eigenvalue weighted by Gasteiger charge is 2.14.